The van der Waals surface area contributed by atoms with Crippen molar-refractivity contribution in [3.8, 4) is 11.5 Å². The number of phenolic OH excluding ortho intramolecular Hbond substituents is 2. The summed E-state index contributed by atoms with van der Waals surface area (Å²) in [6, 6.07) is 2.19. The zero-order valence-electron chi connectivity index (χ0n) is 18.2. The maximum Gasteiger partial charge on any atom is 0.126 e. The first kappa shape index (κ1) is 19.2. The molecule has 0 heterocycles. The topological polar surface area (TPSA) is 40.5 Å². The molecule has 2 nitrogen and oxygen atoms in total. The maximum absolute atomic E-state index is 11.5. The van der Waals surface area contributed by atoms with Gasteiger partial charge in [0.15, 0.2) is 0 Å². The Morgan fingerprint density at radius 2 is 1.37 bits per heavy atom. The van der Waals surface area contributed by atoms with Gasteiger partial charge in [0.2, 0.25) is 0 Å². The van der Waals surface area contributed by atoms with Gasteiger partial charge in [0.05, 0.1) is 0 Å². The van der Waals surface area contributed by atoms with Gasteiger partial charge in [0, 0.05) is 16.7 Å². The third-order valence-electron chi connectivity index (χ3n) is 8.25. The Morgan fingerprint density at radius 3 is 1.78 bits per heavy atom. The van der Waals surface area contributed by atoms with Crippen LogP contribution in [0.25, 0.3) is 0 Å². The third-order valence-corrected chi connectivity index (χ3v) is 8.25. The van der Waals surface area contributed by atoms with E-state index in [1.165, 1.54) is 38.5 Å². The van der Waals surface area contributed by atoms with E-state index in [4.69, 9.17) is 0 Å². The van der Waals surface area contributed by atoms with E-state index in [0.29, 0.717) is 11.5 Å². The molecule has 0 aromatic heterocycles. The fourth-order valence-corrected chi connectivity index (χ4v) is 6.90. The van der Waals surface area contributed by atoms with Gasteiger partial charge in [0.1, 0.15) is 11.5 Å². The summed E-state index contributed by atoms with van der Waals surface area (Å²) in [5.74, 6) is 3.23. The SMILES string of the molecule is CCC(C)(C)c1c(O)c(C(C)(C)C)cc(C23CC4CC(CC(C4)C2)C3)c1O. The van der Waals surface area contributed by atoms with Crippen LogP contribution in [0.15, 0.2) is 6.07 Å². The van der Waals surface area contributed by atoms with Gasteiger partial charge >= 0.3 is 0 Å². The Morgan fingerprint density at radius 1 is 0.889 bits per heavy atom. The molecule has 2 N–H and O–H groups in total. The van der Waals surface area contributed by atoms with E-state index in [1.807, 2.05) is 0 Å². The van der Waals surface area contributed by atoms with E-state index >= 15 is 0 Å². The summed E-state index contributed by atoms with van der Waals surface area (Å²) in [5, 5.41) is 22.7. The van der Waals surface area contributed by atoms with Gasteiger partial charge < -0.3 is 10.2 Å². The molecule has 4 saturated carbocycles. The van der Waals surface area contributed by atoms with Crippen LogP contribution in [0.4, 0.5) is 0 Å². The van der Waals surface area contributed by atoms with Crippen molar-refractivity contribution in [1.82, 2.24) is 0 Å². The highest BCUT2D eigenvalue weighted by molar-refractivity contribution is 5.60. The summed E-state index contributed by atoms with van der Waals surface area (Å²) in [4.78, 5) is 0. The largest absolute Gasteiger partial charge is 0.507 e. The lowest BCUT2D eigenvalue weighted by Gasteiger charge is -2.57. The Hall–Kier alpha value is -1.18. The number of aromatic hydroxyl groups is 2. The van der Waals surface area contributed by atoms with E-state index in [-0.39, 0.29) is 16.2 Å². The van der Waals surface area contributed by atoms with E-state index in [0.717, 1.165) is 40.9 Å². The number of hydrogen-bond acceptors (Lipinski definition) is 2. The maximum atomic E-state index is 11.5. The lowest BCUT2D eigenvalue weighted by molar-refractivity contribution is -0.00632. The average Bonchev–Trinajstić information content (AvgIpc) is 2.51. The highest BCUT2D eigenvalue weighted by atomic mass is 16.3. The van der Waals surface area contributed by atoms with E-state index in [9.17, 15) is 10.2 Å². The molecule has 0 unspecified atom stereocenters. The third kappa shape index (κ3) is 2.89. The Bertz CT molecular complexity index is 715. The fraction of sp³-hybridized carbons (Fsp3) is 0.760. The summed E-state index contributed by atoms with van der Waals surface area (Å²) in [5.41, 5.74) is 2.68. The first-order chi connectivity index (χ1) is 12.5. The monoisotopic (exact) mass is 370 g/mol. The smallest absolute Gasteiger partial charge is 0.126 e. The molecule has 1 aromatic carbocycles. The number of benzene rings is 1. The van der Waals surface area contributed by atoms with Crippen LogP contribution in [0, 0.1) is 17.8 Å². The highest BCUT2D eigenvalue weighted by Crippen LogP contribution is 2.63. The average molecular weight is 371 g/mol. The summed E-state index contributed by atoms with van der Waals surface area (Å²) in [7, 11) is 0. The minimum Gasteiger partial charge on any atom is -0.507 e. The van der Waals surface area contributed by atoms with Gasteiger partial charge in [-0.2, -0.15) is 0 Å². The summed E-state index contributed by atoms with van der Waals surface area (Å²) in [6.07, 6.45) is 8.78. The Labute approximate surface area is 165 Å². The van der Waals surface area contributed by atoms with Gasteiger partial charge in [0.25, 0.3) is 0 Å². The molecule has 0 spiro atoms. The van der Waals surface area contributed by atoms with Crippen molar-refractivity contribution in [3.05, 3.63) is 22.8 Å². The van der Waals surface area contributed by atoms with Crippen LogP contribution >= 0.6 is 0 Å². The second-order valence-electron chi connectivity index (χ2n) is 11.7. The zero-order valence-corrected chi connectivity index (χ0v) is 18.2. The van der Waals surface area contributed by atoms with Crippen molar-refractivity contribution in [2.75, 3.05) is 0 Å². The number of hydrogen-bond donors (Lipinski definition) is 2. The van der Waals surface area contributed by atoms with Crippen LogP contribution in [0.2, 0.25) is 0 Å². The van der Waals surface area contributed by atoms with Gasteiger partial charge in [-0.1, -0.05) is 41.5 Å². The van der Waals surface area contributed by atoms with Crippen LogP contribution in [-0.2, 0) is 16.2 Å². The predicted octanol–water partition coefficient (Wildman–Crippen LogP) is 6.55. The van der Waals surface area contributed by atoms with Crippen LogP contribution in [0.1, 0.15) is 103 Å². The Balaban J connectivity index is 1.95. The standard InChI is InChI=1S/C25H38O2/c1-7-24(5,6)20-21(26)18(23(2,3)4)11-19(22(20)27)25-12-15-8-16(13-25)10-17(9-15)14-25/h11,15-17,26-27H,7-10,12-14H2,1-6H3. The zero-order chi connectivity index (χ0) is 19.8. The molecule has 0 atom stereocenters. The van der Waals surface area contributed by atoms with Crippen LogP contribution in [0.3, 0.4) is 0 Å². The van der Waals surface area contributed by atoms with Crippen LogP contribution in [0.5, 0.6) is 11.5 Å². The molecule has 27 heavy (non-hydrogen) atoms. The number of rotatable bonds is 3. The molecular formula is C25H38O2. The van der Waals surface area contributed by atoms with Gasteiger partial charge in [-0.25, -0.2) is 0 Å². The Kier molecular flexibility index (Phi) is 4.19. The molecule has 4 bridgehead atoms. The van der Waals surface area contributed by atoms with Crippen molar-refractivity contribution in [1.29, 1.82) is 0 Å². The minimum absolute atomic E-state index is 0.130. The van der Waals surface area contributed by atoms with E-state index in [2.05, 4.69) is 47.6 Å². The van der Waals surface area contributed by atoms with Gasteiger partial charge in [-0.3, -0.25) is 0 Å². The van der Waals surface area contributed by atoms with Crippen molar-refractivity contribution in [2.45, 2.75) is 103 Å². The van der Waals surface area contributed by atoms with Gasteiger partial charge in [-0.05, 0) is 85.0 Å². The second-order valence-corrected chi connectivity index (χ2v) is 11.7. The molecule has 4 fully saturated rings. The molecule has 0 amide bonds. The predicted molar refractivity (Wildman–Crippen MR) is 112 cm³/mol. The first-order valence-electron chi connectivity index (χ1n) is 11.1. The summed E-state index contributed by atoms with van der Waals surface area (Å²) < 4.78 is 0. The molecule has 0 radical (unpaired) electrons. The van der Waals surface area contributed by atoms with Crippen LogP contribution in [-0.4, -0.2) is 10.2 Å². The number of phenols is 2. The molecule has 4 aliphatic carbocycles. The van der Waals surface area contributed by atoms with Gasteiger partial charge in [-0.15, -0.1) is 0 Å². The molecule has 4 aliphatic rings. The molecule has 0 saturated heterocycles. The second kappa shape index (κ2) is 5.91. The molecule has 150 valence electrons. The van der Waals surface area contributed by atoms with Crippen molar-refractivity contribution in [3.63, 3.8) is 0 Å². The van der Waals surface area contributed by atoms with E-state index < -0.39 is 0 Å². The molecule has 1 aromatic rings. The first-order valence-corrected chi connectivity index (χ1v) is 11.1. The van der Waals surface area contributed by atoms with E-state index in [1.54, 1.807) is 0 Å². The van der Waals surface area contributed by atoms with Crippen molar-refractivity contribution >= 4 is 0 Å². The van der Waals surface area contributed by atoms with Crippen molar-refractivity contribution < 1.29 is 10.2 Å². The quantitative estimate of drug-likeness (QED) is 0.633. The summed E-state index contributed by atoms with van der Waals surface area (Å²) >= 11 is 0. The normalized spacial score (nSPS) is 32.9. The minimum atomic E-state index is -0.244. The van der Waals surface area contributed by atoms with Crippen molar-refractivity contribution in [2.24, 2.45) is 17.8 Å². The lowest BCUT2D eigenvalue weighted by atomic mass is 9.47. The molecule has 0 aliphatic heterocycles. The van der Waals surface area contributed by atoms with Crippen LogP contribution < -0.4 is 0 Å². The fourth-order valence-electron chi connectivity index (χ4n) is 6.90. The molecule has 5 rings (SSSR count). The highest BCUT2D eigenvalue weighted by Gasteiger charge is 2.53. The molecule has 2 heteroatoms. The summed E-state index contributed by atoms with van der Waals surface area (Å²) in [6.45, 7) is 13.0. The molecular weight excluding hydrogens is 332 g/mol. The lowest BCUT2D eigenvalue weighted by Crippen LogP contribution is -2.48.